The molecule has 1 aliphatic heterocycles. The SMILES string of the molecule is CN1C(=O)C(c2ccccc2OC(=O)C(F)(F)F)(c2cccc(-c3ccccc3)c2CO)N=C1N. The Hall–Kier alpha value is -4.18. The Bertz CT molecular complexity index is 1330. The van der Waals surface area contributed by atoms with E-state index in [-0.39, 0.29) is 17.1 Å². The van der Waals surface area contributed by atoms with Crippen LogP contribution in [0.2, 0.25) is 0 Å². The molecule has 0 saturated carbocycles. The van der Waals surface area contributed by atoms with Crippen LogP contribution in [0, 0.1) is 0 Å². The number of para-hydroxylation sites is 1. The number of halogens is 3. The third kappa shape index (κ3) is 4.01. The third-order valence-corrected chi connectivity index (χ3v) is 5.76. The third-order valence-electron chi connectivity index (χ3n) is 5.76. The van der Waals surface area contributed by atoms with E-state index in [4.69, 9.17) is 5.73 Å². The van der Waals surface area contributed by atoms with E-state index >= 15 is 0 Å². The second-order valence-electron chi connectivity index (χ2n) is 7.78. The van der Waals surface area contributed by atoms with Crippen LogP contribution in [0.1, 0.15) is 16.7 Å². The molecule has 0 spiro atoms. The minimum Gasteiger partial charge on any atom is -0.419 e. The maximum Gasteiger partial charge on any atom is 0.491 e. The van der Waals surface area contributed by atoms with Crippen molar-refractivity contribution >= 4 is 17.8 Å². The zero-order valence-electron chi connectivity index (χ0n) is 18.4. The zero-order chi connectivity index (χ0) is 25.4. The number of benzene rings is 3. The van der Waals surface area contributed by atoms with E-state index in [1.54, 1.807) is 24.3 Å². The van der Waals surface area contributed by atoms with Crippen LogP contribution in [0.3, 0.4) is 0 Å². The van der Waals surface area contributed by atoms with Crippen LogP contribution in [0.25, 0.3) is 11.1 Å². The molecule has 10 heteroatoms. The van der Waals surface area contributed by atoms with E-state index in [0.717, 1.165) is 16.5 Å². The Balaban J connectivity index is 2.02. The number of alkyl halides is 3. The molecule has 1 atom stereocenters. The van der Waals surface area contributed by atoms with Gasteiger partial charge in [0.2, 0.25) is 0 Å². The molecule has 3 aromatic carbocycles. The maximum atomic E-state index is 13.7. The van der Waals surface area contributed by atoms with Crippen molar-refractivity contribution in [2.45, 2.75) is 18.3 Å². The summed E-state index contributed by atoms with van der Waals surface area (Å²) >= 11 is 0. The molecule has 0 aromatic heterocycles. The molecular weight excluding hydrogens is 463 g/mol. The van der Waals surface area contributed by atoms with Crippen molar-refractivity contribution in [1.29, 1.82) is 0 Å². The van der Waals surface area contributed by atoms with Gasteiger partial charge in [-0.1, -0.05) is 66.7 Å². The molecule has 0 fully saturated rings. The number of carbonyl (C=O) groups is 2. The lowest BCUT2D eigenvalue weighted by Crippen LogP contribution is -2.42. The molecule has 3 aromatic rings. The van der Waals surface area contributed by atoms with Crippen LogP contribution in [-0.2, 0) is 21.7 Å². The highest BCUT2D eigenvalue weighted by Crippen LogP contribution is 2.46. The smallest absolute Gasteiger partial charge is 0.419 e. The summed E-state index contributed by atoms with van der Waals surface area (Å²) < 4.78 is 43.6. The summed E-state index contributed by atoms with van der Waals surface area (Å²) in [7, 11) is 1.37. The van der Waals surface area contributed by atoms with E-state index in [2.05, 4.69) is 9.73 Å². The fraction of sp³-hybridized carbons (Fsp3) is 0.160. The number of likely N-dealkylation sites (N-methyl/N-ethyl adjacent to an activating group) is 1. The molecule has 7 nitrogen and oxygen atoms in total. The first-order valence-electron chi connectivity index (χ1n) is 10.4. The average Bonchev–Trinajstić information content (AvgIpc) is 3.08. The number of hydrogen-bond donors (Lipinski definition) is 2. The van der Waals surface area contributed by atoms with Gasteiger partial charge in [0, 0.05) is 12.6 Å². The van der Waals surface area contributed by atoms with E-state index in [0.29, 0.717) is 11.1 Å². The number of rotatable bonds is 5. The molecule has 4 rings (SSSR count). The summed E-state index contributed by atoms with van der Waals surface area (Å²) in [5.41, 5.74) is 5.68. The number of nitrogens with two attached hydrogens (primary N) is 1. The van der Waals surface area contributed by atoms with Crippen molar-refractivity contribution in [2.24, 2.45) is 10.7 Å². The van der Waals surface area contributed by atoms with Crippen LogP contribution in [0.5, 0.6) is 5.75 Å². The second kappa shape index (κ2) is 8.88. The largest absolute Gasteiger partial charge is 0.491 e. The summed E-state index contributed by atoms with van der Waals surface area (Å²) in [6, 6.07) is 19.3. The van der Waals surface area contributed by atoms with Gasteiger partial charge in [-0.15, -0.1) is 0 Å². The molecule has 35 heavy (non-hydrogen) atoms. The predicted molar refractivity (Wildman–Crippen MR) is 121 cm³/mol. The van der Waals surface area contributed by atoms with Gasteiger partial charge < -0.3 is 15.6 Å². The summed E-state index contributed by atoms with van der Waals surface area (Å²) in [5, 5.41) is 10.4. The van der Waals surface area contributed by atoms with Crippen molar-refractivity contribution in [3.63, 3.8) is 0 Å². The number of amides is 1. The lowest BCUT2D eigenvalue weighted by atomic mass is 9.78. The second-order valence-corrected chi connectivity index (χ2v) is 7.78. The first-order valence-corrected chi connectivity index (χ1v) is 10.4. The number of aliphatic hydroxyl groups is 1. The lowest BCUT2D eigenvalue weighted by Gasteiger charge is -2.30. The Morgan fingerprint density at radius 2 is 1.66 bits per heavy atom. The standard InChI is InChI=1S/C25H20F3N3O4/c1-31-21(33)24(30-23(31)29,19-11-5-6-13-20(19)35-22(34)25(26,27)28)18-12-7-10-16(17(18)14-32)15-8-3-2-4-9-15/h2-13,32H,14H2,1H3,(H2,29,30). The highest BCUT2D eigenvalue weighted by atomic mass is 19.4. The van der Waals surface area contributed by atoms with E-state index in [1.807, 2.05) is 18.2 Å². The van der Waals surface area contributed by atoms with Gasteiger partial charge in [0.1, 0.15) is 5.75 Å². The van der Waals surface area contributed by atoms with E-state index in [9.17, 15) is 27.9 Å². The molecule has 0 aliphatic carbocycles. The summed E-state index contributed by atoms with van der Waals surface area (Å²) in [5.74, 6) is -3.84. The molecule has 1 aliphatic rings. The molecule has 1 unspecified atom stereocenters. The maximum absolute atomic E-state index is 13.7. The minimum atomic E-state index is -5.26. The quantitative estimate of drug-likeness (QED) is 0.428. The zero-order valence-corrected chi connectivity index (χ0v) is 18.4. The van der Waals surface area contributed by atoms with E-state index < -0.39 is 35.9 Å². The first kappa shape index (κ1) is 24.0. The average molecular weight is 483 g/mol. The van der Waals surface area contributed by atoms with Crippen LogP contribution < -0.4 is 10.5 Å². The molecule has 0 radical (unpaired) electrons. The van der Waals surface area contributed by atoms with Gasteiger partial charge in [-0.2, -0.15) is 13.2 Å². The normalized spacial score (nSPS) is 17.9. The monoisotopic (exact) mass is 483 g/mol. The van der Waals surface area contributed by atoms with Gasteiger partial charge in [0.05, 0.1) is 6.61 Å². The predicted octanol–water partition coefficient (Wildman–Crippen LogP) is 3.34. The number of hydrogen-bond acceptors (Lipinski definition) is 6. The van der Waals surface area contributed by atoms with Gasteiger partial charge in [0.15, 0.2) is 11.5 Å². The van der Waals surface area contributed by atoms with Gasteiger partial charge in [-0.25, -0.2) is 9.79 Å². The van der Waals surface area contributed by atoms with Gasteiger partial charge in [-0.3, -0.25) is 9.69 Å². The van der Waals surface area contributed by atoms with Crippen LogP contribution in [-0.4, -0.2) is 41.1 Å². The van der Waals surface area contributed by atoms with Crippen LogP contribution in [0.4, 0.5) is 13.2 Å². The number of nitrogens with zero attached hydrogens (tertiary/aromatic N) is 2. The fourth-order valence-corrected chi connectivity index (χ4v) is 4.13. The Morgan fingerprint density at radius 3 is 2.26 bits per heavy atom. The van der Waals surface area contributed by atoms with Gasteiger partial charge in [0.25, 0.3) is 5.91 Å². The van der Waals surface area contributed by atoms with Crippen molar-refractivity contribution in [3.05, 3.63) is 89.5 Å². The summed E-state index contributed by atoms with van der Waals surface area (Å²) in [6.45, 7) is -0.515. The molecule has 180 valence electrons. The minimum absolute atomic E-state index is 0.130. The van der Waals surface area contributed by atoms with Crippen molar-refractivity contribution in [3.8, 4) is 16.9 Å². The lowest BCUT2D eigenvalue weighted by molar-refractivity contribution is -0.189. The number of aliphatic imine (C=N–C) groups is 1. The van der Waals surface area contributed by atoms with E-state index in [1.165, 1.54) is 31.3 Å². The number of guanidine groups is 1. The Morgan fingerprint density at radius 1 is 1.03 bits per heavy atom. The number of esters is 1. The molecule has 1 heterocycles. The summed E-state index contributed by atoms with van der Waals surface area (Å²) in [6.07, 6.45) is -5.26. The number of carbonyl (C=O) groups excluding carboxylic acids is 2. The first-order chi connectivity index (χ1) is 16.6. The van der Waals surface area contributed by atoms with Crippen molar-refractivity contribution in [2.75, 3.05) is 7.05 Å². The molecule has 0 saturated heterocycles. The highest BCUT2D eigenvalue weighted by Gasteiger charge is 2.53. The topological polar surface area (TPSA) is 105 Å². The molecule has 3 N–H and O–H groups in total. The number of aliphatic hydroxyl groups excluding tert-OH is 1. The van der Waals surface area contributed by atoms with Crippen molar-refractivity contribution in [1.82, 2.24) is 4.90 Å². The molecule has 0 bridgehead atoms. The Labute approximate surface area is 198 Å². The highest BCUT2D eigenvalue weighted by molar-refractivity contribution is 6.09. The Kier molecular flexibility index (Phi) is 6.08. The molecule has 1 amide bonds. The van der Waals surface area contributed by atoms with Gasteiger partial charge in [-0.05, 0) is 28.3 Å². The van der Waals surface area contributed by atoms with Crippen molar-refractivity contribution < 1.29 is 32.6 Å². The van der Waals surface area contributed by atoms with Crippen LogP contribution in [0.15, 0.2) is 77.8 Å². The fourth-order valence-electron chi connectivity index (χ4n) is 4.13. The van der Waals surface area contributed by atoms with Crippen LogP contribution >= 0.6 is 0 Å². The van der Waals surface area contributed by atoms with Gasteiger partial charge >= 0.3 is 12.1 Å². The summed E-state index contributed by atoms with van der Waals surface area (Å²) in [4.78, 5) is 30.8. The molecular formula is C25H20F3N3O4. The number of ether oxygens (including phenoxy) is 1.